The van der Waals surface area contributed by atoms with Crippen LogP contribution in [0, 0.1) is 5.92 Å². The molecule has 1 rings (SSSR count). The fraction of sp³-hybridized carbons (Fsp3) is 0.667. The molecule has 0 aromatic heterocycles. The highest BCUT2D eigenvalue weighted by molar-refractivity contribution is 5.85. The first-order chi connectivity index (χ1) is 8.04. The summed E-state index contributed by atoms with van der Waals surface area (Å²) in [5.74, 6) is -0.645. The van der Waals surface area contributed by atoms with E-state index in [-0.39, 0.29) is 11.8 Å². The van der Waals surface area contributed by atoms with Gasteiger partial charge in [-0.3, -0.25) is 9.69 Å². The molecule has 1 saturated heterocycles. The Labute approximate surface area is 101 Å². The summed E-state index contributed by atoms with van der Waals surface area (Å²) in [6.07, 6.45) is 3.42. The summed E-state index contributed by atoms with van der Waals surface area (Å²) in [5.41, 5.74) is 0.374. The van der Waals surface area contributed by atoms with Crippen molar-refractivity contribution < 1.29 is 14.7 Å². The van der Waals surface area contributed by atoms with Gasteiger partial charge in [0.2, 0.25) is 5.91 Å². The molecule has 5 heteroatoms. The number of likely N-dealkylation sites (tertiary alicyclic amines) is 1. The van der Waals surface area contributed by atoms with Gasteiger partial charge in [-0.1, -0.05) is 6.08 Å². The van der Waals surface area contributed by atoms with Crippen LogP contribution < -0.4 is 5.32 Å². The molecule has 0 atom stereocenters. The van der Waals surface area contributed by atoms with E-state index in [9.17, 15) is 9.59 Å². The normalized spacial score (nSPS) is 19.1. The van der Waals surface area contributed by atoms with Crippen molar-refractivity contribution in [2.24, 2.45) is 5.92 Å². The lowest BCUT2D eigenvalue weighted by atomic mass is 9.96. The minimum atomic E-state index is -0.870. The van der Waals surface area contributed by atoms with Gasteiger partial charge in [-0.15, -0.1) is 0 Å². The number of nitrogens with one attached hydrogen (secondary N) is 1. The van der Waals surface area contributed by atoms with E-state index < -0.39 is 5.97 Å². The topological polar surface area (TPSA) is 69.6 Å². The molecule has 0 spiro atoms. The second-order valence-corrected chi connectivity index (χ2v) is 4.38. The first-order valence-electron chi connectivity index (χ1n) is 5.88. The molecule has 0 aromatic carbocycles. The Balaban J connectivity index is 2.35. The maximum absolute atomic E-state index is 11.4. The monoisotopic (exact) mass is 240 g/mol. The summed E-state index contributed by atoms with van der Waals surface area (Å²) < 4.78 is 0. The van der Waals surface area contributed by atoms with E-state index in [0.717, 1.165) is 25.9 Å². The predicted molar refractivity (Wildman–Crippen MR) is 64.6 cm³/mol. The van der Waals surface area contributed by atoms with E-state index in [0.29, 0.717) is 12.1 Å². The fourth-order valence-corrected chi connectivity index (χ4v) is 1.94. The van der Waals surface area contributed by atoms with Crippen molar-refractivity contribution in [1.29, 1.82) is 0 Å². The smallest absolute Gasteiger partial charge is 0.330 e. The Morgan fingerprint density at radius 2 is 2.00 bits per heavy atom. The number of aliphatic carboxylic acids is 1. The quantitative estimate of drug-likeness (QED) is 0.701. The lowest BCUT2D eigenvalue weighted by Gasteiger charge is -2.30. The van der Waals surface area contributed by atoms with E-state index in [1.807, 2.05) is 0 Å². The molecule has 2 N–H and O–H groups in total. The molecule has 0 unspecified atom stereocenters. The maximum Gasteiger partial charge on any atom is 0.330 e. The Bertz CT molecular complexity index is 318. The summed E-state index contributed by atoms with van der Waals surface area (Å²) in [6, 6.07) is 0. The number of piperidine rings is 1. The molecule has 0 radical (unpaired) electrons. The third kappa shape index (κ3) is 4.19. The Morgan fingerprint density at radius 3 is 2.47 bits per heavy atom. The van der Waals surface area contributed by atoms with Gasteiger partial charge in [-0.05, 0) is 32.9 Å². The molecule has 96 valence electrons. The lowest BCUT2D eigenvalue weighted by molar-refractivity contribution is -0.132. The average molecular weight is 240 g/mol. The Kier molecular flexibility index (Phi) is 5.15. The van der Waals surface area contributed by atoms with Gasteiger partial charge in [0.05, 0.1) is 0 Å². The molecule has 1 amide bonds. The molecule has 0 aromatic rings. The van der Waals surface area contributed by atoms with Gasteiger partial charge >= 0.3 is 5.97 Å². The largest absolute Gasteiger partial charge is 0.478 e. The van der Waals surface area contributed by atoms with Crippen LogP contribution in [0.15, 0.2) is 11.6 Å². The summed E-state index contributed by atoms with van der Waals surface area (Å²) in [7, 11) is 1.66. The SMILES string of the molecule is CNC(=O)C1CCN(CC=C(C)C(=O)O)CC1. The molecular weight excluding hydrogens is 220 g/mol. The molecule has 5 nitrogen and oxygen atoms in total. The number of amides is 1. The van der Waals surface area contributed by atoms with E-state index in [1.165, 1.54) is 0 Å². The summed E-state index contributed by atoms with van der Waals surface area (Å²) in [6.45, 7) is 3.95. The lowest BCUT2D eigenvalue weighted by Crippen LogP contribution is -2.39. The van der Waals surface area contributed by atoms with Gasteiger partial charge in [0, 0.05) is 25.1 Å². The van der Waals surface area contributed by atoms with Crippen LogP contribution in [-0.2, 0) is 9.59 Å². The van der Waals surface area contributed by atoms with Gasteiger partial charge in [0.1, 0.15) is 0 Å². The van der Waals surface area contributed by atoms with Gasteiger partial charge in [-0.2, -0.15) is 0 Å². The minimum absolute atomic E-state index is 0.112. The van der Waals surface area contributed by atoms with Crippen LogP contribution in [0.1, 0.15) is 19.8 Å². The number of carboxylic acids is 1. The summed E-state index contributed by atoms with van der Waals surface area (Å²) >= 11 is 0. The molecule has 1 aliphatic rings. The molecule has 0 saturated carbocycles. The number of rotatable bonds is 4. The molecular formula is C12H20N2O3. The van der Waals surface area contributed by atoms with Crippen LogP contribution in [0.5, 0.6) is 0 Å². The number of carboxylic acid groups (broad SMARTS) is 1. The van der Waals surface area contributed by atoms with Crippen molar-refractivity contribution in [2.45, 2.75) is 19.8 Å². The number of hydrogen-bond acceptors (Lipinski definition) is 3. The average Bonchev–Trinajstić information content (AvgIpc) is 2.35. The predicted octanol–water partition coefficient (Wildman–Crippen LogP) is 0.475. The Hall–Kier alpha value is -1.36. The highest BCUT2D eigenvalue weighted by atomic mass is 16.4. The highest BCUT2D eigenvalue weighted by Gasteiger charge is 2.23. The van der Waals surface area contributed by atoms with Crippen molar-refractivity contribution in [3.05, 3.63) is 11.6 Å². The van der Waals surface area contributed by atoms with Crippen molar-refractivity contribution in [2.75, 3.05) is 26.7 Å². The van der Waals surface area contributed by atoms with Crippen molar-refractivity contribution in [3.63, 3.8) is 0 Å². The van der Waals surface area contributed by atoms with Crippen molar-refractivity contribution >= 4 is 11.9 Å². The number of carbonyl (C=O) groups excluding carboxylic acids is 1. The molecule has 17 heavy (non-hydrogen) atoms. The molecule has 1 aliphatic heterocycles. The zero-order valence-electron chi connectivity index (χ0n) is 10.4. The second-order valence-electron chi connectivity index (χ2n) is 4.38. The second kappa shape index (κ2) is 6.39. The van der Waals surface area contributed by atoms with Crippen LogP contribution in [0.2, 0.25) is 0 Å². The van der Waals surface area contributed by atoms with Crippen LogP contribution in [-0.4, -0.2) is 48.6 Å². The van der Waals surface area contributed by atoms with Crippen LogP contribution in [0.4, 0.5) is 0 Å². The van der Waals surface area contributed by atoms with Gasteiger partial charge < -0.3 is 10.4 Å². The third-order valence-electron chi connectivity index (χ3n) is 3.20. The summed E-state index contributed by atoms with van der Waals surface area (Å²) in [4.78, 5) is 24.2. The first kappa shape index (κ1) is 13.7. The number of nitrogens with zero attached hydrogens (tertiary/aromatic N) is 1. The maximum atomic E-state index is 11.4. The number of hydrogen-bond donors (Lipinski definition) is 2. The van der Waals surface area contributed by atoms with E-state index >= 15 is 0 Å². The highest BCUT2D eigenvalue weighted by Crippen LogP contribution is 2.17. The minimum Gasteiger partial charge on any atom is -0.478 e. The van der Waals surface area contributed by atoms with Gasteiger partial charge in [0.25, 0.3) is 0 Å². The third-order valence-corrected chi connectivity index (χ3v) is 3.20. The van der Waals surface area contributed by atoms with Crippen LogP contribution in [0.3, 0.4) is 0 Å². The Morgan fingerprint density at radius 1 is 1.41 bits per heavy atom. The zero-order chi connectivity index (χ0) is 12.8. The fourth-order valence-electron chi connectivity index (χ4n) is 1.94. The van der Waals surface area contributed by atoms with E-state index in [1.54, 1.807) is 20.0 Å². The zero-order valence-corrected chi connectivity index (χ0v) is 10.4. The van der Waals surface area contributed by atoms with Gasteiger partial charge in [0.15, 0.2) is 0 Å². The van der Waals surface area contributed by atoms with Crippen molar-refractivity contribution in [3.8, 4) is 0 Å². The van der Waals surface area contributed by atoms with E-state index in [4.69, 9.17) is 5.11 Å². The molecule has 0 bridgehead atoms. The molecule has 0 aliphatic carbocycles. The van der Waals surface area contributed by atoms with Crippen LogP contribution in [0.25, 0.3) is 0 Å². The molecule has 1 fully saturated rings. The van der Waals surface area contributed by atoms with Gasteiger partial charge in [-0.25, -0.2) is 4.79 Å². The van der Waals surface area contributed by atoms with E-state index in [2.05, 4.69) is 10.2 Å². The number of carbonyl (C=O) groups is 2. The first-order valence-corrected chi connectivity index (χ1v) is 5.88. The summed E-state index contributed by atoms with van der Waals surface area (Å²) in [5, 5.41) is 11.4. The standard InChI is InChI=1S/C12H20N2O3/c1-9(12(16)17)3-6-14-7-4-10(5-8-14)11(15)13-2/h3,10H,4-8H2,1-2H3,(H,13,15)(H,16,17). The van der Waals surface area contributed by atoms with Crippen LogP contribution >= 0.6 is 0 Å². The molecule has 1 heterocycles. The van der Waals surface area contributed by atoms with Crippen molar-refractivity contribution in [1.82, 2.24) is 10.2 Å².